The van der Waals surface area contributed by atoms with E-state index in [2.05, 4.69) is 23.2 Å². The van der Waals surface area contributed by atoms with E-state index in [4.69, 9.17) is 4.74 Å². The number of aryl methyl sites for hydroxylation is 1. The number of hydrogen-bond donors (Lipinski definition) is 0. The van der Waals surface area contributed by atoms with Gasteiger partial charge in [0.25, 0.3) is 0 Å². The fourth-order valence-electron chi connectivity index (χ4n) is 4.62. The van der Waals surface area contributed by atoms with E-state index in [-0.39, 0.29) is 35.0 Å². The summed E-state index contributed by atoms with van der Waals surface area (Å²) >= 11 is 0. The first-order valence-electron chi connectivity index (χ1n) is 12.3. The maximum absolute atomic E-state index is 15.1. The van der Waals surface area contributed by atoms with Gasteiger partial charge in [-0.05, 0) is 81.2 Å². The molecule has 1 aliphatic rings. The zero-order valence-electron chi connectivity index (χ0n) is 20.5. The molecule has 1 heterocycles. The molecular weight excluding hydrogens is 466 g/mol. The van der Waals surface area contributed by atoms with Gasteiger partial charge in [0, 0.05) is 28.6 Å². The summed E-state index contributed by atoms with van der Waals surface area (Å²) in [7, 11) is 0. The average Bonchev–Trinajstić information content (AvgIpc) is 2.90. The number of hydrogen-bond acceptors (Lipinski definition) is 2. The molecule has 1 aliphatic carbocycles. The average molecular weight is 496 g/mol. The van der Waals surface area contributed by atoms with Crippen LogP contribution in [0.15, 0.2) is 60.8 Å². The molecule has 36 heavy (non-hydrogen) atoms. The minimum absolute atomic E-state index is 0.152. The third-order valence-electron chi connectivity index (χ3n) is 6.60. The van der Waals surface area contributed by atoms with Crippen LogP contribution in [0, 0.1) is 23.3 Å². The molecular formula is C30H29F4NO. The van der Waals surface area contributed by atoms with E-state index >= 15 is 8.78 Å². The maximum Gasteiger partial charge on any atom is 0.201 e. The van der Waals surface area contributed by atoms with Gasteiger partial charge in [-0.1, -0.05) is 36.4 Å². The summed E-state index contributed by atoms with van der Waals surface area (Å²) in [5.41, 5.74) is 2.37. The number of pyridine rings is 1. The van der Waals surface area contributed by atoms with Crippen LogP contribution in [0.1, 0.15) is 62.3 Å². The van der Waals surface area contributed by atoms with Crippen molar-refractivity contribution in [1.29, 1.82) is 0 Å². The fourth-order valence-corrected chi connectivity index (χ4v) is 4.62. The van der Waals surface area contributed by atoms with Crippen LogP contribution < -0.4 is 4.74 Å². The van der Waals surface area contributed by atoms with Crippen LogP contribution in [0.3, 0.4) is 0 Å². The zero-order chi connectivity index (χ0) is 25.7. The lowest BCUT2D eigenvalue weighted by Gasteiger charge is -2.23. The number of nitrogens with zero attached hydrogens (tertiary/aromatic N) is 1. The third-order valence-corrected chi connectivity index (χ3v) is 6.60. The van der Waals surface area contributed by atoms with E-state index in [1.165, 1.54) is 24.3 Å². The number of benzene rings is 2. The topological polar surface area (TPSA) is 22.1 Å². The van der Waals surface area contributed by atoms with Gasteiger partial charge in [-0.15, -0.1) is 0 Å². The summed E-state index contributed by atoms with van der Waals surface area (Å²) in [5, 5.41) is 0. The van der Waals surface area contributed by atoms with Gasteiger partial charge in [-0.3, -0.25) is 4.98 Å². The third kappa shape index (κ3) is 5.38. The molecule has 0 amide bonds. The van der Waals surface area contributed by atoms with E-state index in [9.17, 15) is 8.78 Å². The number of allylic oxidation sites excluding steroid dienone is 4. The minimum atomic E-state index is -1.27. The molecule has 2 aromatic carbocycles. The largest absolute Gasteiger partial charge is 0.491 e. The van der Waals surface area contributed by atoms with Crippen molar-refractivity contribution in [2.45, 2.75) is 51.9 Å². The first kappa shape index (κ1) is 25.7. The van der Waals surface area contributed by atoms with Crippen LogP contribution >= 0.6 is 0 Å². The van der Waals surface area contributed by atoms with Gasteiger partial charge in [0.2, 0.25) is 5.82 Å². The lowest BCUT2D eigenvalue weighted by Crippen LogP contribution is -2.07. The van der Waals surface area contributed by atoms with Crippen LogP contribution in [0.2, 0.25) is 0 Å². The summed E-state index contributed by atoms with van der Waals surface area (Å²) in [6, 6.07) is 9.31. The van der Waals surface area contributed by atoms with Crippen LogP contribution in [-0.2, 0) is 6.42 Å². The molecule has 0 radical (unpaired) electrons. The predicted molar refractivity (Wildman–Crippen MR) is 135 cm³/mol. The molecule has 0 saturated carbocycles. The monoisotopic (exact) mass is 495 g/mol. The molecule has 0 spiro atoms. The second kappa shape index (κ2) is 11.5. The fraction of sp³-hybridized carbons (Fsp3) is 0.300. The molecule has 4 rings (SSSR count). The quantitative estimate of drug-likeness (QED) is 0.231. The van der Waals surface area contributed by atoms with Crippen molar-refractivity contribution in [3.05, 3.63) is 101 Å². The van der Waals surface area contributed by atoms with E-state index in [1.807, 2.05) is 25.3 Å². The smallest absolute Gasteiger partial charge is 0.201 e. The Hall–Kier alpha value is -3.41. The highest BCUT2D eigenvalue weighted by Gasteiger charge is 2.24. The SMILES string of the molecule is CC=CCCc1ccc(C2CC=C(c3ccc(-c4ccc(OCC)c(F)c4F)c(F)c3F)CC2)cn1. The van der Waals surface area contributed by atoms with E-state index in [0.717, 1.165) is 30.5 Å². The van der Waals surface area contributed by atoms with Gasteiger partial charge in [-0.25, -0.2) is 13.2 Å². The van der Waals surface area contributed by atoms with Gasteiger partial charge in [0.05, 0.1) is 6.61 Å². The van der Waals surface area contributed by atoms with E-state index in [1.54, 1.807) is 6.92 Å². The zero-order valence-corrected chi connectivity index (χ0v) is 20.5. The second-order valence-corrected chi connectivity index (χ2v) is 8.85. The van der Waals surface area contributed by atoms with Gasteiger partial charge >= 0.3 is 0 Å². The number of ether oxygens (including phenoxy) is 1. The lowest BCUT2D eigenvalue weighted by atomic mass is 9.82. The van der Waals surface area contributed by atoms with Crippen molar-refractivity contribution in [2.75, 3.05) is 6.61 Å². The van der Waals surface area contributed by atoms with Crippen LogP contribution in [0.4, 0.5) is 17.6 Å². The molecule has 3 aromatic rings. The number of halogens is 4. The molecule has 0 saturated heterocycles. The molecule has 188 valence electrons. The highest BCUT2D eigenvalue weighted by atomic mass is 19.2. The number of aromatic nitrogens is 1. The Morgan fingerprint density at radius 1 is 0.917 bits per heavy atom. The van der Waals surface area contributed by atoms with Crippen LogP contribution in [-0.4, -0.2) is 11.6 Å². The van der Waals surface area contributed by atoms with Gasteiger partial charge in [0.15, 0.2) is 23.2 Å². The second-order valence-electron chi connectivity index (χ2n) is 8.85. The standard InChI is InChI=1S/C30H29F4NO/c1-3-5-6-7-22-13-12-21(18-35-22)19-8-10-20(11-9-19)23-14-15-24(28(32)27(23)31)25-16-17-26(36-4-2)30(34)29(25)33/h3,5,10,12-19H,4,6-9,11H2,1-2H3. The minimum Gasteiger partial charge on any atom is -0.491 e. The van der Waals surface area contributed by atoms with Gasteiger partial charge in [-0.2, -0.15) is 4.39 Å². The first-order valence-corrected chi connectivity index (χ1v) is 12.3. The van der Waals surface area contributed by atoms with Crippen molar-refractivity contribution in [1.82, 2.24) is 4.98 Å². The highest BCUT2D eigenvalue weighted by molar-refractivity contribution is 5.73. The Morgan fingerprint density at radius 2 is 1.61 bits per heavy atom. The van der Waals surface area contributed by atoms with Crippen molar-refractivity contribution >= 4 is 5.57 Å². The normalized spacial score (nSPS) is 15.8. The lowest BCUT2D eigenvalue weighted by molar-refractivity contribution is 0.314. The predicted octanol–water partition coefficient (Wildman–Crippen LogP) is 8.56. The molecule has 0 bridgehead atoms. The molecule has 1 unspecified atom stereocenters. The molecule has 1 aromatic heterocycles. The molecule has 0 N–H and O–H groups in total. The summed E-state index contributed by atoms with van der Waals surface area (Å²) in [6.07, 6.45) is 11.9. The summed E-state index contributed by atoms with van der Waals surface area (Å²) in [4.78, 5) is 4.57. The molecule has 6 heteroatoms. The Labute approximate surface area is 209 Å². The molecule has 2 nitrogen and oxygen atoms in total. The molecule has 1 atom stereocenters. The molecule has 0 aliphatic heterocycles. The number of rotatable bonds is 8. The van der Waals surface area contributed by atoms with Gasteiger partial charge in [0.1, 0.15) is 0 Å². The van der Waals surface area contributed by atoms with Crippen molar-refractivity contribution < 1.29 is 22.3 Å². The Kier molecular flexibility index (Phi) is 8.24. The van der Waals surface area contributed by atoms with Crippen molar-refractivity contribution in [3.8, 4) is 16.9 Å². The summed E-state index contributed by atoms with van der Waals surface area (Å²) in [5.74, 6) is -4.75. The Morgan fingerprint density at radius 3 is 2.25 bits per heavy atom. The Bertz CT molecular complexity index is 1280. The maximum atomic E-state index is 15.1. The first-order chi connectivity index (χ1) is 17.4. The molecule has 0 fully saturated rings. The van der Waals surface area contributed by atoms with E-state index < -0.39 is 23.3 Å². The van der Waals surface area contributed by atoms with Crippen LogP contribution in [0.25, 0.3) is 16.7 Å². The summed E-state index contributed by atoms with van der Waals surface area (Å²) < 4.78 is 64.0. The Balaban J connectivity index is 1.51. The van der Waals surface area contributed by atoms with Gasteiger partial charge < -0.3 is 4.74 Å². The van der Waals surface area contributed by atoms with Crippen molar-refractivity contribution in [2.24, 2.45) is 0 Å². The van der Waals surface area contributed by atoms with E-state index in [0.29, 0.717) is 18.4 Å². The van der Waals surface area contributed by atoms with Crippen molar-refractivity contribution in [3.63, 3.8) is 0 Å². The summed E-state index contributed by atoms with van der Waals surface area (Å²) in [6.45, 7) is 3.79. The highest BCUT2D eigenvalue weighted by Crippen LogP contribution is 2.39. The van der Waals surface area contributed by atoms with Crippen LogP contribution in [0.5, 0.6) is 5.75 Å².